The highest BCUT2D eigenvalue weighted by molar-refractivity contribution is 6.03. The van der Waals surface area contributed by atoms with Gasteiger partial charge < -0.3 is 14.8 Å². The fraction of sp³-hybridized carbons (Fsp3) is 0.875. The number of likely N-dealkylation sites (tertiary alicyclic amines) is 1. The van der Waals surface area contributed by atoms with Crippen LogP contribution in [0.25, 0.3) is 0 Å². The Morgan fingerprint density at radius 3 is 2.16 bits per heavy atom. The second kappa shape index (κ2) is 10.9. The average molecular weight is 439 g/mol. The molecule has 1 atom stereocenters. The van der Waals surface area contributed by atoms with Gasteiger partial charge in [0, 0.05) is 13.0 Å². The summed E-state index contributed by atoms with van der Waals surface area (Å²) in [5.41, 5.74) is 0.127. The molecule has 2 aliphatic rings. The maximum absolute atomic E-state index is 12.6. The van der Waals surface area contributed by atoms with Crippen LogP contribution in [0.4, 0.5) is 0 Å². The number of carbonyl (C=O) groups excluding carboxylic acids is 3. The first-order valence-electron chi connectivity index (χ1n) is 11.7. The van der Waals surface area contributed by atoms with Crippen molar-refractivity contribution in [3.8, 4) is 0 Å². The van der Waals surface area contributed by atoms with E-state index in [1.54, 1.807) is 0 Å². The second-order valence-corrected chi connectivity index (χ2v) is 11.3. The number of hydrogen-bond acceptors (Lipinski definition) is 5. The van der Waals surface area contributed by atoms with Crippen LogP contribution in [0.15, 0.2) is 0 Å². The number of rotatable bonds is 9. The predicted octanol–water partition coefficient (Wildman–Crippen LogP) is 3.51. The van der Waals surface area contributed by atoms with Crippen molar-refractivity contribution in [2.24, 2.45) is 22.7 Å². The number of nitrogens with zero attached hydrogens (tertiary/aromatic N) is 1. The molecule has 7 heteroatoms. The molecule has 2 heterocycles. The molecule has 3 amide bonds. The lowest BCUT2D eigenvalue weighted by Gasteiger charge is -2.31. The fourth-order valence-electron chi connectivity index (χ4n) is 3.99. The monoisotopic (exact) mass is 438 g/mol. The summed E-state index contributed by atoms with van der Waals surface area (Å²) in [5, 5.41) is 2.97. The zero-order valence-electron chi connectivity index (χ0n) is 20.3. The summed E-state index contributed by atoms with van der Waals surface area (Å²) in [5.74, 6) is -1.07. The van der Waals surface area contributed by atoms with E-state index in [-0.39, 0.29) is 61.2 Å². The van der Waals surface area contributed by atoms with Crippen molar-refractivity contribution in [1.29, 1.82) is 0 Å². The van der Waals surface area contributed by atoms with Gasteiger partial charge in [-0.25, -0.2) is 0 Å². The summed E-state index contributed by atoms with van der Waals surface area (Å²) in [6, 6.07) is 0. The molecule has 2 saturated heterocycles. The maximum atomic E-state index is 12.6. The van der Waals surface area contributed by atoms with E-state index in [0.29, 0.717) is 12.0 Å². The Kier molecular flexibility index (Phi) is 9.07. The van der Waals surface area contributed by atoms with E-state index in [4.69, 9.17) is 9.47 Å². The van der Waals surface area contributed by atoms with Crippen LogP contribution in [0, 0.1) is 22.7 Å². The van der Waals surface area contributed by atoms with Crippen molar-refractivity contribution in [2.45, 2.75) is 86.4 Å². The standard InChI is InChI=1S/C24H42N2O5/c1-23(2,3)11-9-7-8-10-12-25-21(28)17-15-30-20(31-16-17)14-26-19(27)13-18(22(26)29)24(4,5)6/h17-18,20H,7-16H2,1-6H3,(H,25,28). The number of hydrogen-bond donors (Lipinski definition) is 1. The van der Waals surface area contributed by atoms with Crippen molar-refractivity contribution in [1.82, 2.24) is 10.2 Å². The Hall–Kier alpha value is -1.47. The number of unbranched alkanes of at least 4 members (excludes halogenated alkanes) is 3. The fourth-order valence-corrected chi connectivity index (χ4v) is 3.99. The Bertz CT molecular complexity index is 627. The summed E-state index contributed by atoms with van der Waals surface area (Å²) < 4.78 is 11.3. The molecule has 0 aromatic carbocycles. The minimum absolute atomic E-state index is 0.0609. The Morgan fingerprint density at radius 2 is 1.61 bits per heavy atom. The van der Waals surface area contributed by atoms with Gasteiger partial charge in [0.1, 0.15) is 0 Å². The van der Waals surface area contributed by atoms with E-state index in [1.807, 2.05) is 20.8 Å². The van der Waals surface area contributed by atoms with Gasteiger partial charge in [0.15, 0.2) is 6.29 Å². The second-order valence-electron chi connectivity index (χ2n) is 11.3. The highest BCUT2D eigenvalue weighted by atomic mass is 16.7. The van der Waals surface area contributed by atoms with Crippen LogP contribution in [0.1, 0.15) is 80.1 Å². The van der Waals surface area contributed by atoms with Gasteiger partial charge in [-0.05, 0) is 23.7 Å². The number of carbonyl (C=O) groups is 3. The van der Waals surface area contributed by atoms with E-state index in [2.05, 4.69) is 26.1 Å². The molecule has 31 heavy (non-hydrogen) atoms. The molecular weight excluding hydrogens is 396 g/mol. The largest absolute Gasteiger partial charge is 0.356 e. The van der Waals surface area contributed by atoms with Crippen LogP contribution in [-0.2, 0) is 23.9 Å². The number of imide groups is 1. The number of ether oxygens (including phenoxy) is 2. The molecule has 0 spiro atoms. The highest BCUT2D eigenvalue weighted by Crippen LogP contribution is 2.35. The summed E-state index contributed by atoms with van der Waals surface area (Å²) in [7, 11) is 0. The molecule has 2 aliphatic heterocycles. The average Bonchev–Trinajstić information content (AvgIpc) is 2.95. The number of nitrogens with one attached hydrogen (secondary N) is 1. The van der Waals surface area contributed by atoms with E-state index >= 15 is 0 Å². The van der Waals surface area contributed by atoms with Crippen molar-refractivity contribution in [2.75, 3.05) is 26.3 Å². The van der Waals surface area contributed by atoms with Crippen LogP contribution in [0.3, 0.4) is 0 Å². The SMILES string of the molecule is CC(C)(C)CCCCCCNC(=O)C1COC(CN2C(=O)CC(C(C)(C)C)C2=O)OC1. The molecule has 178 valence electrons. The molecule has 0 aromatic rings. The lowest BCUT2D eigenvalue weighted by Crippen LogP contribution is -2.47. The minimum Gasteiger partial charge on any atom is -0.356 e. The van der Waals surface area contributed by atoms with Crippen LogP contribution < -0.4 is 5.32 Å². The smallest absolute Gasteiger partial charge is 0.233 e. The lowest BCUT2D eigenvalue weighted by molar-refractivity contribution is -0.208. The third-order valence-corrected chi connectivity index (χ3v) is 6.11. The van der Waals surface area contributed by atoms with Gasteiger partial charge >= 0.3 is 0 Å². The molecule has 0 bridgehead atoms. The van der Waals surface area contributed by atoms with Crippen molar-refractivity contribution in [3.63, 3.8) is 0 Å². The van der Waals surface area contributed by atoms with E-state index in [9.17, 15) is 14.4 Å². The van der Waals surface area contributed by atoms with E-state index < -0.39 is 6.29 Å². The van der Waals surface area contributed by atoms with Gasteiger partial charge in [-0.15, -0.1) is 0 Å². The molecule has 1 unspecified atom stereocenters. The third kappa shape index (κ3) is 8.19. The molecular formula is C24H42N2O5. The minimum atomic E-state index is -0.668. The van der Waals surface area contributed by atoms with Gasteiger partial charge in [-0.2, -0.15) is 0 Å². The number of amides is 3. The normalized spacial score (nSPS) is 25.2. The Labute approximate surface area is 187 Å². The molecule has 2 rings (SSSR count). The van der Waals surface area contributed by atoms with Crippen LogP contribution in [0.5, 0.6) is 0 Å². The summed E-state index contributed by atoms with van der Waals surface area (Å²) in [4.78, 5) is 38.5. The van der Waals surface area contributed by atoms with Gasteiger partial charge in [0.05, 0.1) is 31.6 Å². The summed E-state index contributed by atoms with van der Waals surface area (Å²) in [6.45, 7) is 13.9. The Balaban J connectivity index is 1.63. The van der Waals surface area contributed by atoms with Gasteiger partial charge in [-0.3, -0.25) is 19.3 Å². The van der Waals surface area contributed by atoms with Gasteiger partial charge in [0.25, 0.3) is 0 Å². The van der Waals surface area contributed by atoms with E-state index in [0.717, 1.165) is 12.8 Å². The topological polar surface area (TPSA) is 84.9 Å². The van der Waals surface area contributed by atoms with Crippen molar-refractivity contribution in [3.05, 3.63) is 0 Å². The quantitative estimate of drug-likeness (QED) is 0.440. The van der Waals surface area contributed by atoms with Crippen molar-refractivity contribution < 1.29 is 23.9 Å². The first kappa shape index (κ1) is 25.8. The van der Waals surface area contributed by atoms with E-state index in [1.165, 1.54) is 24.2 Å². The van der Waals surface area contributed by atoms with Crippen LogP contribution >= 0.6 is 0 Å². The zero-order valence-corrected chi connectivity index (χ0v) is 20.3. The molecule has 0 saturated carbocycles. The van der Waals surface area contributed by atoms with Gasteiger partial charge in [0.2, 0.25) is 17.7 Å². The molecule has 2 fully saturated rings. The third-order valence-electron chi connectivity index (χ3n) is 6.11. The Morgan fingerprint density at radius 1 is 1.00 bits per heavy atom. The molecule has 0 aromatic heterocycles. The first-order valence-corrected chi connectivity index (χ1v) is 11.7. The lowest BCUT2D eigenvalue weighted by atomic mass is 9.80. The van der Waals surface area contributed by atoms with Crippen LogP contribution in [0.2, 0.25) is 0 Å². The molecule has 0 radical (unpaired) electrons. The van der Waals surface area contributed by atoms with Gasteiger partial charge in [-0.1, -0.05) is 60.8 Å². The first-order chi connectivity index (χ1) is 14.4. The zero-order chi connectivity index (χ0) is 23.2. The van der Waals surface area contributed by atoms with Crippen LogP contribution in [-0.4, -0.2) is 55.2 Å². The predicted molar refractivity (Wildman–Crippen MR) is 119 cm³/mol. The molecule has 0 aliphatic carbocycles. The highest BCUT2D eigenvalue weighted by Gasteiger charge is 2.45. The molecule has 1 N–H and O–H groups in total. The summed E-state index contributed by atoms with van der Waals surface area (Å²) in [6.07, 6.45) is 5.29. The van der Waals surface area contributed by atoms with Crippen molar-refractivity contribution >= 4 is 17.7 Å². The maximum Gasteiger partial charge on any atom is 0.233 e. The molecule has 7 nitrogen and oxygen atoms in total. The summed E-state index contributed by atoms with van der Waals surface area (Å²) >= 11 is 0.